The zero-order chi connectivity index (χ0) is 14.9. The third-order valence-corrected chi connectivity index (χ3v) is 6.57. The second kappa shape index (κ2) is 5.73. The first-order valence-electron chi connectivity index (χ1n) is 5.90. The second-order valence-corrected chi connectivity index (χ2v) is 7.75. The lowest BCUT2D eigenvalue weighted by atomic mass is 10.3. The zero-order valence-electron chi connectivity index (χ0n) is 11.1. The molecule has 4 nitrogen and oxygen atoms in total. The number of anilines is 1. The van der Waals surface area contributed by atoms with Crippen molar-refractivity contribution < 1.29 is 8.42 Å². The fraction of sp³-hybridized carbons (Fsp3) is 0.231. The lowest BCUT2D eigenvalue weighted by Crippen LogP contribution is -2.29. The summed E-state index contributed by atoms with van der Waals surface area (Å²) in [7, 11) is -2.11. The van der Waals surface area contributed by atoms with E-state index in [1.165, 1.54) is 33.8 Å². The van der Waals surface area contributed by atoms with Gasteiger partial charge in [-0.1, -0.05) is 17.7 Å². The van der Waals surface area contributed by atoms with Gasteiger partial charge >= 0.3 is 0 Å². The highest BCUT2D eigenvalue weighted by Crippen LogP contribution is 2.32. The van der Waals surface area contributed by atoms with Gasteiger partial charge in [-0.3, -0.25) is 0 Å². The molecule has 0 fully saturated rings. The van der Waals surface area contributed by atoms with Gasteiger partial charge in [-0.05, 0) is 36.6 Å². The molecule has 108 valence electrons. The number of rotatable bonds is 4. The van der Waals surface area contributed by atoms with E-state index in [2.05, 4.69) is 0 Å². The van der Waals surface area contributed by atoms with Crippen molar-refractivity contribution >= 4 is 38.6 Å². The van der Waals surface area contributed by atoms with Crippen LogP contribution in [-0.4, -0.2) is 19.8 Å². The molecule has 7 heteroatoms. The van der Waals surface area contributed by atoms with E-state index in [9.17, 15) is 8.42 Å². The number of halogens is 1. The van der Waals surface area contributed by atoms with Gasteiger partial charge in [-0.25, -0.2) is 8.42 Å². The minimum atomic E-state index is -3.66. The largest absolute Gasteiger partial charge is 0.399 e. The van der Waals surface area contributed by atoms with Crippen LogP contribution in [0.2, 0.25) is 5.02 Å². The predicted octanol–water partition coefficient (Wildman–Crippen LogP) is 3.37. The molecule has 0 radical (unpaired) electrons. The van der Waals surface area contributed by atoms with E-state index in [0.29, 0.717) is 5.69 Å². The van der Waals surface area contributed by atoms with E-state index in [-0.39, 0.29) is 16.0 Å². The van der Waals surface area contributed by atoms with Crippen molar-refractivity contribution in [3.8, 4) is 0 Å². The van der Waals surface area contributed by atoms with Crippen molar-refractivity contribution in [3.05, 3.63) is 45.6 Å². The maximum Gasteiger partial charge on any atom is 0.244 e. The molecule has 0 aliphatic carbocycles. The molecule has 0 aliphatic heterocycles. The lowest BCUT2D eigenvalue weighted by molar-refractivity contribution is 0.403. The Morgan fingerprint density at radius 3 is 2.60 bits per heavy atom. The molecule has 0 aliphatic rings. The number of sulfonamides is 1. The third kappa shape index (κ3) is 2.83. The van der Waals surface area contributed by atoms with Gasteiger partial charge < -0.3 is 5.73 Å². The number of hydrogen-bond acceptors (Lipinski definition) is 4. The molecule has 1 atom stereocenters. The molecule has 0 bridgehead atoms. The molecule has 1 heterocycles. The molecule has 1 aromatic carbocycles. The molecule has 0 saturated heterocycles. The number of thiophene rings is 1. The van der Waals surface area contributed by atoms with Gasteiger partial charge in [0.2, 0.25) is 10.0 Å². The molecular formula is C13H15ClN2O2S2. The van der Waals surface area contributed by atoms with Crippen molar-refractivity contribution in [1.82, 2.24) is 4.31 Å². The van der Waals surface area contributed by atoms with Crippen LogP contribution in [0.25, 0.3) is 0 Å². The van der Waals surface area contributed by atoms with E-state index in [4.69, 9.17) is 17.3 Å². The second-order valence-electron chi connectivity index (χ2n) is 4.40. The predicted molar refractivity (Wildman–Crippen MR) is 83.5 cm³/mol. The van der Waals surface area contributed by atoms with Crippen LogP contribution in [0.15, 0.2) is 40.6 Å². The first-order chi connectivity index (χ1) is 9.34. The molecular weight excluding hydrogens is 316 g/mol. The highest BCUT2D eigenvalue weighted by atomic mass is 35.5. The average Bonchev–Trinajstić information content (AvgIpc) is 2.90. The number of nitrogen functional groups attached to an aromatic ring is 1. The lowest BCUT2D eigenvalue weighted by Gasteiger charge is -2.24. The number of hydrogen-bond donors (Lipinski definition) is 1. The average molecular weight is 331 g/mol. The molecule has 0 spiro atoms. The van der Waals surface area contributed by atoms with E-state index in [1.54, 1.807) is 7.05 Å². The summed E-state index contributed by atoms with van der Waals surface area (Å²) in [5.74, 6) is 0. The van der Waals surface area contributed by atoms with Crippen LogP contribution >= 0.6 is 22.9 Å². The van der Waals surface area contributed by atoms with E-state index in [1.807, 2.05) is 24.4 Å². The summed E-state index contributed by atoms with van der Waals surface area (Å²) < 4.78 is 26.5. The highest BCUT2D eigenvalue weighted by molar-refractivity contribution is 7.89. The summed E-state index contributed by atoms with van der Waals surface area (Å²) in [6.07, 6.45) is 0. The van der Waals surface area contributed by atoms with E-state index < -0.39 is 10.0 Å². The van der Waals surface area contributed by atoms with Crippen molar-refractivity contribution in [1.29, 1.82) is 0 Å². The summed E-state index contributed by atoms with van der Waals surface area (Å²) in [6, 6.07) is 7.96. The Hall–Kier alpha value is -1.08. The zero-order valence-corrected chi connectivity index (χ0v) is 13.5. The van der Waals surface area contributed by atoms with Gasteiger partial charge in [0.1, 0.15) is 4.90 Å². The molecule has 20 heavy (non-hydrogen) atoms. The SMILES string of the molecule is CC(c1cccs1)N(C)S(=O)(=O)c1ccc(N)cc1Cl. The maximum absolute atomic E-state index is 12.6. The van der Waals surface area contributed by atoms with Crippen LogP contribution in [0, 0.1) is 0 Å². The summed E-state index contributed by atoms with van der Waals surface area (Å²) >= 11 is 7.52. The number of benzene rings is 1. The third-order valence-electron chi connectivity index (χ3n) is 3.11. The highest BCUT2D eigenvalue weighted by Gasteiger charge is 2.28. The summed E-state index contributed by atoms with van der Waals surface area (Å²) in [6.45, 7) is 1.84. The van der Waals surface area contributed by atoms with Gasteiger partial charge in [0.25, 0.3) is 0 Å². The maximum atomic E-state index is 12.6. The first-order valence-corrected chi connectivity index (χ1v) is 8.60. The van der Waals surface area contributed by atoms with Crippen LogP contribution in [0.4, 0.5) is 5.69 Å². The normalized spacial score (nSPS) is 13.6. The molecule has 0 saturated carbocycles. The number of nitrogens with zero attached hydrogens (tertiary/aromatic N) is 1. The van der Waals surface area contributed by atoms with Gasteiger partial charge in [-0.2, -0.15) is 4.31 Å². The van der Waals surface area contributed by atoms with Crippen molar-refractivity contribution in [2.75, 3.05) is 12.8 Å². The van der Waals surface area contributed by atoms with Gasteiger partial charge in [-0.15, -0.1) is 11.3 Å². The van der Waals surface area contributed by atoms with Crippen LogP contribution < -0.4 is 5.73 Å². The Morgan fingerprint density at radius 2 is 2.05 bits per heavy atom. The minimum Gasteiger partial charge on any atom is -0.399 e. The molecule has 2 N–H and O–H groups in total. The Labute approximate surface area is 127 Å². The summed E-state index contributed by atoms with van der Waals surface area (Å²) in [5, 5.41) is 2.05. The van der Waals surface area contributed by atoms with Gasteiger partial charge in [0, 0.05) is 17.6 Å². The van der Waals surface area contributed by atoms with Crippen LogP contribution in [0.5, 0.6) is 0 Å². The Bertz CT molecular complexity index is 699. The quantitative estimate of drug-likeness (QED) is 0.874. The molecule has 1 aromatic heterocycles. The van der Waals surface area contributed by atoms with Crippen LogP contribution in [-0.2, 0) is 10.0 Å². The fourth-order valence-electron chi connectivity index (χ4n) is 1.80. The summed E-state index contributed by atoms with van der Waals surface area (Å²) in [5.41, 5.74) is 6.03. The van der Waals surface area contributed by atoms with Crippen molar-refractivity contribution in [3.63, 3.8) is 0 Å². The van der Waals surface area contributed by atoms with Gasteiger partial charge in [0.15, 0.2) is 0 Å². The summed E-state index contributed by atoms with van der Waals surface area (Å²) in [4.78, 5) is 1.04. The topological polar surface area (TPSA) is 63.4 Å². The molecule has 1 unspecified atom stereocenters. The molecule has 0 amide bonds. The number of nitrogens with two attached hydrogens (primary N) is 1. The Morgan fingerprint density at radius 1 is 1.35 bits per heavy atom. The smallest absolute Gasteiger partial charge is 0.244 e. The van der Waals surface area contributed by atoms with Crippen molar-refractivity contribution in [2.45, 2.75) is 17.9 Å². The van der Waals surface area contributed by atoms with E-state index in [0.717, 1.165) is 4.88 Å². The molecule has 2 aromatic rings. The van der Waals surface area contributed by atoms with Crippen molar-refractivity contribution in [2.24, 2.45) is 0 Å². The minimum absolute atomic E-state index is 0.0688. The fourth-order valence-corrected chi connectivity index (χ4v) is 4.56. The van der Waals surface area contributed by atoms with Crippen LogP contribution in [0.1, 0.15) is 17.8 Å². The van der Waals surface area contributed by atoms with Gasteiger partial charge in [0.05, 0.1) is 11.1 Å². The Balaban J connectivity index is 2.39. The van der Waals surface area contributed by atoms with E-state index >= 15 is 0 Å². The van der Waals surface area contributed by atoms with Crippen LogP contribution in [0.3, 0.4) is 0 Å². The monoisotopic (exact) mass is 330 g/mol. The standard InChI is InChI=1S/C13H15ClN2O2S2/c1-9(12-4-3-7-19-12)16(2)20(17,18)13-6-5-10(15)8-11(13)14/h3-9H,15H2,1-2H3. The first kappa shape index (κ1) is 15.3. The molecule has 2 rings (SSSR count). The Kier molecular flexibility index (Phi) is 4.39.